The molecule has 1 fully saturated rings. The van der Waals surface area contributed by atoms with Crippen LogP contribution < -0.4 is 5.48 Å². The lowest BCUT2D eigenvalue weighted by molar-refractivity contribution is -0.198. The lowest BCUT2D eigenvalue weighted by Crippen LogP contribution is -2.32. The van der Waals surface area contributed by atoms with Crippen LogP contribution in [-0.4, -0.2) is 41.9 Å². The third kappa shape index (κ3) is 5.60. The van der Waals surface area contributed by atoms with E-state index in [-0.39, 0.29) is 18.2 Å². The van der Waals surface area contributed by atoms with Crippen LogP contribution in [0.25, 0.3) is 17.1 Å². The molecule has 1 unspecified atom stereocenters. The van der Waals surface area contributed by atoms with Gasteiger partial charge in [-0.3, -0.25) is 4.79 Å². The molecule has 2 aromatic carbocycles. The SMILES string of the molecule is COC(=O)c1ccc2nc(Cc3ccc(C=CC(=O)NOC4CCCCO4)cc3)[nH]c2c1. The molecule has 1 saturated heterocycles. The van der Waals surface area contributed by atoms with E-state index in [0.717, 1.165) is 47.2 Å². The zero-order chi connectivity index (χ0) is 22.3. The number of fused-ring (bicyclic) bond motifs is 1. The van der Waals surface area contributed by atoms with Crippen molar-refractivity contribution >= 4 is 29.0 Å². The number of benzene rings is 2. The second kappa shape index (κ2) is 10.2. The maximum atomic E-state index is 11.9. The number of carbonyl (C=O) groups excluding carboxylic acids is 2. The Hall–Kier alpha value is -3.49. The number of nitrogens with one attached hydrogen (secondary N) is 2. The average Bonchev–Trinajstić information content (AvgIpc) is 3.24. The molecule has 32 heavy (non-hydrogen) atoms. The van der Waals surface area contributed by atoms with Crippen LogP contribution in [0.15, 0.2) is 48.5 Å². The number of nitrogens with zero attached hydrogens (tertiary/aromatic N) is 1. The van der Waals surface area contributed by atoms with Gasteiger partial charge in [-0.15, -0.1) is 0 Å². The first-order valence-electron chi connectivity index (χ1n) is 10.5. The third-order valence-electron chi connectivity index (χ3n) is 5.16. The summed E-state index contributed by atoms with van der Waals surface area (Å²) >= 11 is 0. The van der Waals surface area contributed by atoms with Crippen molar-refractivity contribution < 1.29 is 23.9 Å². The molecule has 0 saturated carbocycles. The van der Waals surface area contributed by atoms with Crippen LogP contribution in [0.5, 0.6) is 0 Å². The Bertz CT molecular complexity index is 1110. The van der Waals surface area contributed by atoms with Gasteiger partial charge in [0.15, 0.2) is 6.29 Å². The van der Waals surface area contributed by atoms with E-state index >= 15 is 0 Å². The highest BCUT2D eigenvalue weighted by atomic mass is 16.8. The van der Waals surface area contributed by atoms with Gasteiger partial charge < -0.3 is 14.5 Å². The van der Waals surface area contributed by atoms with E-state index in [1.807, 2.05) is 24.3 Å². The van der Waals surface area contributed by atoms with E-state index in [9.17, 15) is 9.59 Å². The van der Waals surface area contributed by atoms with Crippen molar-refractivity contribution in [2.75, 3.05) is 13.7 Å². The molecule has 2 N–H and O–H groups in total. The fourth-order valence-corrected chi connectivity index (χ4v) is 3.46. The number of amides is 1. The minimum Gasteiger partial charge on any atom is -0.465 e. The van der Waals surface area contributed by atoms with Gasteiger partial charge >= 0.3 is 5.97 Å². The number of aromatic amines is 1. The summed E-state index contributed by atoms with van der Waals surface area (Å²) in [5.41, 5.74) is 6.42. The lowest BCUT2D eigenvalue weighted by Gasteiger charge is -2.21. The van der Waals surface area contributed by atoms with Crippen molar-refractivity contribution in [2.45, 2.75) is 32.0 Å². The van der Waals surface area contributed by atoms with Gasteiger partial charge in [0.25, 0.3) is 5.91 Å². The molecule has 1 aliphatic rings. The summed E-state index contributed by atoms with van der Waals surface area (Å²) in [5, 5.41) is 0. The number of methoxy groups -OCH3 is 1. The van der Waals surface area contributed by atoms with Crippen LogP contribution in [0.2, 0.25) is 0 Å². The first-order valence-corrected chi connectivity index (χ1v) is 10.5. The van der Waals surface area contributed by atoms with Crippen LogP contribution in [-0.2, 0) is 25.5 Å². The molecule has 3 aromatic rings. The molecule has 1 aromatic heterocycles. The fraction of sp³-hybridized carbons (Fsp3) is 0.292. The predicted octanol–water partition coefficient (Wildman–Crippen LogP) is 3.53. The molecule has 0 radical (unpaired) electrons. The van der Waals surface area contributed by atoms with Gasteiger partial charge in [-0.1, -0.05) is 24.3 Å². The normalized spacial score (nSPS) is 16.3. The predicted molar refractivity (Wildman–Crippen MR) is 119 cm³/mol. The number of hydrogen-bond donors (Lipinski definition) is 2. The summed E-state index contributed by atoms with van der Waals surface area (Å²) in [6.45, 7) is 0.658. The molecular formula is C24H25N3O5. The molecule has 0 bridgehead atoms. The summed E-state index contributed by atoms with van der Waals surface area (Å²) in [5.74, 6) is 0.0814. The largest absolute Gasteiger partial charge is 0.465 e. The maximum absolute atomic E-state index is 11.9. The number of hydroxylamine groups is 1. The summed E-state index contributed by atoms with van der Waals surface area (Å²) in [6.07, 6.45) is 6.23. The summed E-state index contributed by atoms with van der Waals surface area (Å²) in [7, 11) is 1.36. The van der Waals surface area contributed by atoms with Crippen LogP contribution in [0.4, 0.5) is 0 Å². The van der Waals surface area contributed by atoms with Gasteiger partial charge in [-0.2, -0.15) is 0 Å². The van der Waals surface area contributed by atoms with Gasteiger partial charge in [-0.05, 0) is 48.2 Å². The van der Waals surface area contributed by atoms with E-state index in [0.29, 0.717) is 18.6 Å². The van der Waals surface area contributed by atoms with E-state index in [4.69, 9.17) is 14.3 Å². The smallest absolute Gasteiger partial charge is 0.337 e. The number of rotatable bonds is 7. The molecule has 8 nitrogen and oxygen atoms in total. The Labute approximate surface area is 185 Å². The number of hydrogen-bond acceptors (Lipinski definition) is 6. The van der Waals surface area contributed by atoms with Gasteiger partial charge in [0.1, 0.15) is 5.82 Å². The number of ether oxygens (including phenoxy) is 2. The molecule has 1 atom stereocenters. The minimum absolute atomic E-state index is 0.336. The molecule has 0 aliphatic carbocycles. The number of esters is 1. The van der Waals surface area contributed by atoms with E-state index < -0.39 is 0 Å². The lowest BCUT2D eigenvalue weighted by atomic mass is 10.1. The quantitative estimate of drug-likeness (QED) is 0.334. The topological polar surface area (TPSA) is 103 Å². The molecule has 1 aliphatic heterocycles. The Morgan fingerprint density at radius 2 is 2.06 bits per heavy atom. The number of imidazole rings is 1. The van der Waals surface area contributed by atoms with Crippen molar-refractivity contribution in [2.24, 2.45) is 0 Å². The number of H-pyrrole nitrogens is 1. The van der Waals surface area contributed by atoms with Crippen molar-refractivity contribution in [3.63, 3.8) is 0 Å². The highest BCUT2D eigenvalue weighted by Crippen LogP contribution is 2.17. The summed E-state index contributed by atoms with van der Waals surface area (Å²) in [6, 6.07) is 13.1. The molecule has 8 heteroatoms. The van der Waals surface area contributed by atoms with E-state index in [1.54, 1.807) is 24.3 Å². The van der Waals surface area contributed by atoms with Gasteiger partial charge in [0.2, 0.25) is 0 Å². The minimum atomic E-state index is -0.380. The molecular weight excluding hydrogens is 410 g/mol. The maximum Gasteiger partial charge on any atom is 0.337 e. The van der Waals surface area contributed by atoms with Crippen molar-refractivity contribution in [1.82, 2.24) is 15.4 Å². The standard InChI is InChI=1S/C24H25N3O5/c1-30-24(29)18-10-11-19-20(15-18)26-21(25-19)14-17-7-5-16(6-8-17)9-12-22(28)27-32-23-4-2-3-13-31-23/h5-12,15,23H,2-4,13-14H2,1H3,(H,25,26)(H,27,28). The average molecular weight is 435 g/mol. The molecule has 2 heterocycles. The molecule has 4 rings (SSSR count). The van der Waals surface area contributed by atoms with Crippen molar-refractivity contribution in [3.8, 4) is 0 Å². The monoisotopic (exact) mass is 435 g/mol. The summed E-state index contributed by atoms with van der Waals surface area (Å²) in [4.78, 5) is 36.7. The van der Waals surface area contributed by atoms with Crippen LogP contribution in [0.3, 0.4) is 0 Å². The first-order chi connectivity index (χ1) is 15.6. The molecule has 0 spiro atoms. The molecule has 1 amide bonds. The first kappa shape index (κ1) is 21.7. The van der Waals surface area contributed by atoms with Crippen LogP contribution >= 0.6 is 0 Å². The zero-order valence-corrected chi connectivity index (χ0v) is 17.8. The van der Waals surface area contributed by atoms with Crippen LogP contribution in [0.1, 0.15) is 46.6 Å². The third-order valence-corrected chi connectivity index (χ3v) is 5.16. The molecule has 166 valence electrons. The number of aromatic nitrogens is 2. The highest BCUT2D eigenvalue weighted by Gasteiger charge is 2.15. The van der Waals surface area contributed by atoms with Crippen molar-refractivity contribution in [3.05, 3.63) is 71.1 Å². The van der Waals surface area contributed by atoms with Crippen LogP contribution in [0, 0.1) is 0 Å². The second-order valence-electron chi connectivity index (χ2n) is 7.54. The van der Waals surface area contributed by atoms with Crippen molar-refractivity contribution in [1.29, 1.82) is 0 Å². The van der Waals surface area contributed by atoms with E-state index in [1.165, 1.54) is 13.2 Å². The zero-order valence-electron chi connectivity index (χ0n) is 17.8. The second-order valence-corrected chi connectivity index (χ2v) is 7.54. The Kier molecular flexibility index (Phi) is 6.94. The van der Waals surface area contributed by atoms with E-state index in [2.05, 4.69) is 15.4 Å². The summed E-state index contributed by atoms with van der Waals surface area (Å²) < 4.78 is 10.2. The van der Waals surface area contributed by atoms with Gasteiger partial charge in [-0.25, -0.2) is 20.1 Å². The Morgan fingerprint density at radius 3 is 2.81 bits per heavy atom. The van der Waals surface area contributed by atoms with Gasteiger partial charge in [0, 0.05) is 25.5 Å². The fourth-order valence-electron chi connectivity index (χ4n) is 3.46. The number of carbonyl (C=O) groups is 2. The van der Waals surface area contributed by atoms with Gasteiger partial charge in [0.05, 0.1) is 23.7 Å². The Balaban J connectivity index is 1.32. The Morgan fingerprint density at radius 1 is 1.22 bits per heavy atom. The highest BCUT2D eigenvalue weighted by molar-refractivity contribution is 5.93.